The van der Waals surface area contributed by atoms with Crippen molar-refractivity contribution in [1.82, 2.24) is 9.80 Å². The van der Waals surface area contributed by atoms with Crippen molar-refractivity contribution < 1.29 is 9.47 Å². The molecule has 23 heavy (non-hydrogen) atoms. The maximum atomic E-state index is 5.86. The summed E-state index contributed by atoms with van der Waals surface area (Å²) in [7, 11) is 2.21. The second-order valence-electron chi connectivity index (χ2n) is 6.29. The average molecular weight is 320 g/mol. The Bertz CT molecular complexity index is 431. The molecule has 1 saturated heterocycles. The van der Waals surface area contributed by atoms with Crippen molar-refractivity contribution in [2.45, 2.75) is 32.6 Å². The quantitative estimate of drug-likeness (QED) is 0.618. The van der Waals surface area contributed by atoms with Crippen molar-refractivity contribution in [3.05, 3.63) is 24.3 Å². The number of nitrogens with zero attached hydrogens (tertiary/aromatic N) is 2. The first kappa shape index (κ1) is 18.1. The normalized spacial score (nSPS) is 16.4. The van der Waals surface area contributed by atoms with E-state index in [4.69, 9.17) is 9.47 Å². The van der Waals surface area contributed by atoms with Gasteiger partial charge in [0.1, 0.15) is 0 Å². The van der Waals surface area contributed by atoms with E-state index < -0.39 is 0 Å². The molecule has 0 N–H and O–H groups in total. The first-order chi connectivity index (χ1) is 11.3. The topological polar surface area (TPSA) is 24.9 Å². The lowest BCUT2D eigenvalue weighted by Crippen LogP contribution is -2.44. The van der Waals surface area contributed by atoms with Crippen molar-refractivity contribution in [2.24, 2.45) is 0 Å². The van der Waals surface area contributed by atoms with Gasteiger partial charge in [0.05, 0.1) is 13.2 Å². The molecule has 4 heteroatoms. The molecule has 4 nitrogen and oxygen atoms in total. The molecule has 0 aliphatic carbocycles. The standard InChI is InChI=1S/C19H32N2O2/c1-3-22-18-10-6-7-11-19(18)23-17-9-5-4-8-12-21-15-13-20(2)14-16-21/h6-7,10-11H,3-5,8-9,12-17H2,1-2H3. The second-order valence-corrected chi connectivity index (χ2v) is 6.29. The van der Waals surface area contributed by atoms with Crippen LogP contribution in [-0.4, -0.2) is 62.8 Å². The molecular formula is C19H32N2O2. The van der Waals surface area contributed by atoms with Gasteiger partial charge in [0.15, 0.2) is 11.5 Å². The summed E-state index contributed by atoms with van der Waals surface area (Å²) < 4.78 is 11.4. The molecule has 1 aliphatic rings. The monoisotopic (exact) mass is 320 g/mol. The minimum atomic E-state index is 0.673. The van der Waals surface area contributed by atoms with Gasteiger partial charge in [-0.2, -0.15) is 0 Å². The van der Waals surface area contributed by atoms with Crippen LogP contribution in [0.4, 0.5) is 0 Å². The third-order valence-corrected chi connectivity index (χ3v) is 4.37. The molecule has 1 fully saturated rings. The van der Waals surface area contributed by atoms with Crippen molar-refractivity contribution in [2.75, 3.05) is 53.0 Å². The minimum Gasteiger partial charge on any atom is -0.490 e. The van der Waals surface area contributed by atoms with Gasteiger partial charge in [-0.3, -0.25) is 0 Å². The summed E-state index contributed by atoms with van der Waals surface area (Å²) >= 11 is 0. The van der Waals surface area contributed by atoms with E-state index in [9.17, 15) is 0 Å². The predicted molar refractivity (Wildman–Crippen MR) is 95.5 cm³/mol. The lowest BCUT2D eigenvalue weighted by Gasteiger charge is -2.32. The first-order valence-corrected chi connectivity index (χ1v) is 9.05. The van der Waals surface area contributed by atoms with Gasteiger partial charge >= 0.3 is 0 Å². The highest BCUT2D eigenvalue weighted by Crippen LogP contribution is 2.26. The van der Waals surface area contributed by atoms with E-state index in [1.54, 1.807) is 0 Å². The van der Waals surface area contributed by atoms with Crippen molar-refractivity contribution in [3.63, 3.8) is 0 Å². The smallest absolute Gasteiger partial charge is 0.161 e. The number of benzene rings is 1. The molecule has 0 saturated carbocycles. The highest BCUT2D eigenvalue weighted by molar-refractivity contribution is 5.39. The van der Waals surface area contributed by atoms with Gasteiger partial charge in [0.2, 0.25) is 0 Å². The van der Waals surface area contributed by atoms with Crippen LogP contribution in [0.5, 0.6) is 11.5 Å². The van der Waals surface area contributed by atoms with Crippen molar-refractivity contribution in [3.8, 4) is 11.5 Å². The van der Waals surface area contributed by atoms with Gasteiger partial charge in [0, 0.05) is 26.2 Å². The van der Waals surface area contributed by atoms with Crippen molar-refractivity contribution in [1.29, 1.82) is 0 Å². The molecule has 1 aliphatic heterocycles. The molecule has 1 aromatic rings. The number of hydrogen-bond acceptors (Lipinski definition) is 4. The van der Waals surface area contributed by atoms with Gasteiger partial charge in [-0.1, -0.05) is 25.0 Å². The summed E-state index contributed by atoms with van der Waals surface area (Å²) in [4.78, 5) is 5.00. The van der Waals surface area contributed by atoms with Gasteiger partial charge in [-0.05, 0) is 45.5 Å². The van der Waals surface area contributed by atoms with E-state index in [1.165, 1.54) is 52.0 Å². The molecule has 130 valence electrons. The summed E-state index contributed by atoms with van der Waals surface area (Å²) in [5.41, 5.74) is 0. The zero-order valence-corrected chi connectivity index (χ0v) is 14.8. The number of ether oxygens (including phenoxy) is 2. The van der Waals surface area contributed by atoms with Crippen LogP contribution in [0.25, 0.3) is 0 Å². The highest BCUT2D eigenvalue weighted by atomic mass is 16.5. The molecule has 0 amide bonds. The van der Waals surface area contributed by atoms with Gasteiger partial charge in [0.25, 0.3) is 0 Å². The SMILES string of the molecule is CCOc1ccccc1OCCCCCCN1CCN(C)CC1. The van der Waals surface area contributed by atoms with Crippen LogP contribution in [0.15, 0.2) is 24.3 Å². The minimum absolute atomic E-state index is 0.673. The van der Waals surface area contributed by atoms with E-state index in [1.807, 2.05) is 31.2 Å². The third kappa shape index (κ3) is 6.80. The fraction of sp³-hybridized carbons (Fsp3) is 0.684. The van der Waals surface area contributed by atoms with E-state index in [0.29, 0.717) is 6.61 Å². The number of unbranched alkanes of at least 4 members (excludes halogenated alkanes) is 3. The van der Waals surface area contributed by atoms with Gasteiger partial charge in [-0.25, -0.2) is 0 Å². The first-order valence-electron chi connectivity index (χ1n) is 9.05. The predicted octanol–water partition coefficient (Wildman–Crippen LogP) is 3.27. The molecule has 1 heterocycles. The Morgan fingerprint density at radius 3 is 2.22 bits per heavy atom. The van der Waals surface area contributed by atoms with Crippen LogP contribution in [-0.2, 0) is 0 Å². The van der Waals surface area contributed by atoms with Crippen LogP contribution in [0, 0.1) is 0 Å². The number of likely N-dealkylation sites (N-methyl/N-ethyl adjacent to an activating group) is 1. The number of rotatable bonds is 10. The zero-order chi connectivity index (χ0) is 16.3. The molecule has 0 atom stereocenters. The van der Waals surface area contributed by atoms with Gasteiger partial charge < -0.3 is 19.3 Å². The summed E-state index contributed by atoms with van der Waals surface area (Å²) in [6.45, 7) is 9.59. The Morgan fingerprint density at radius 2 is 1.52 bits per heavy atom. The summed E-state index contributed by atoms with van der Waals surface area (Å²) in [5.74, 6) is 1.72. The Balaban J connectivity index is 1.51. The molecule has 0 aromatic heterocycles. The molecule has 0 radical (unpaired) electrons. The highest BCUT2D eigenvalue weighted by Gasteiger charge is 2.12. The Labute approximate surface area is 141 Å². The molecule has 0 bridgehead atoms. The van der Waals surface area contributed by atoms with Crippen molar-refractivity contribution >= 4 is 0 Å². The molecule has 1 aromatic carbocycles. The number of para-hydroxylation sites is 2. The Hall–Kier alpha value is -1.26. The summed E-state index contributed by atoms with van der Waals surface area (Å²) in [6, 6.07) is 7.93. The van der Waals surface area contributed by atoms with Crippen LogP contribution < -0.4 is 9.47 Å². The van der Waals surface area contributed by atoms with Crippen LogP contribution >= 0.6 is 0 Å². The third-order valence-electron chi connectivity index (χ3n) is 4.37. The summed E-state index contributed by atoms with van der Waals surface area (Å²) in [5, 5.41) is 0. The van der Waals surface area contributed by atoms with Gasteiger partial charge in [-0.15, -0.1) is 0 Å². The maximum absolute atomic E-state index is 5.86. The Morgan fingerprint density at radius 1 is 0.870 bits per heavy atom. The van der Waals surface area contributed by atoms with E-state index in [2.05, 4.69) is 16.8 Å². The molecular weight excluding hydrogens is 288 g/mol. The lowest BCUT2D eigenvalue weighted by atomic mass is 10.2. The molecule has 0 unspecified atom stereocenters. The van der Waals surface area contributed by atoms with Crippen LogP contribution in [0.2, 0.25) is 0 Å². The Kier molecular flexibility index (Phi) is 8.26. The number of hydrogen-bond donors (Lipinski definition) is 0. The molecule has 0 spiro atoms. The number of piperazine rings is 1. The second kappa shape index (κ2) is 10.5. The van der Waals surface area contributed by atoms with E-state index in [0.717, 1.165) is 24.5 Å². The zero-order valence-electron chi connectivity index (χ0n) is 14.8. The average Bonchev–Trinajstić information content (AvgIpc) is 2.57. The largest absolute Gasteiger partial charge is 0.490 e. The fourth-order valence-electron chi connectivity index (χ4n) is 2.89. The van der Waals surface area contributed by atoms with E-state index in [-0.39, 0.29) is 0 Å². The lowest BCUT2D eigenvalue weighted by molar-refractivity contribution is 0.151. The summed E-state index contributed by atoms with van der Waals surface area (Å²) in [6.07, 6.45) is 4.95. The molecule has 2 rings (SSSR count). The maximum Gasteiger partial charge on any atom is 0.161 e. The van der Waals surface area contributed by atoms with Crippen LogP contribution in [0.3, 0.4) is 0 Å². The van der Waals surface area contributed by atoms with E-state index >= 15 is 0 Å². The van der Waals surface area contributed by atoms with Crippen LogP contribution in [0.1, 0.15) is 32.6 Å². The fourth-order valence-corrected chi connectivity index (χ4v) is 2.89.